The number of rotatable bonds is 3. The van der Waals surface area contributed by atoms with Gasteiger partial charge in [0.05, 0.1) is 0 Å². The monoisotopic (exact) mass is 308 g/mol. The van der Waals surface area contributed by atoms with Crippen molar-refractivity contribution in [2.45, 2.75) is 59.3 Å². The van der Waals surface area contributed by atoms with Crippen LogP contribution in [0, 0.1) is 11.3 Å². The number of hydrogen-bond acceptors (Lipinski definition) is 2. The Bertz CT molecular complexity index is 413. The highest BCUT2D eigenvalue weighted by Crippen LogP contribution is 2.29. The standard InChI is InChI=1S/C14H23F3N2O2/c1-8(2)6-9-11(20)18-10(13(3,4)5)12(21)19(9)7-14(15,16)17/h8-10H,6-7H2,1-5H3,(H,18,20). The summed E-state index contributed by atoms with van der Waals surface area (Å²) in [4.78, 5) is 25.2. The van der Waals surface area contributed by atoms with Gasteiger partial charge in [0.1, 0.15) is 18.6 Å². The molecule has 0 bridgehead atoms. The predicted molar refractivity (Wildman–Crippen MR) is 72.4 cm³/mol. The lowest BCUT2D eigenvalue weighted by atomic mass is 9.83. The van der Waals surface area contributed by atoms with E-state index < -0.39 is 42.0 Å². The van der Waals surface area contributed by atoms with Crippen LogP contribution in [0.4, 0.5) is 13.2 Å². The molecule has 0 saturated carbocycles. The fourth-order valence-corrected chi connectivity index (χ4v) is 2.41. The van der Waals surface area contributed by atoms with Crippen LogP contribution in [0.25, 0.3) is 0 Å². The number of carbonyl (C=O) groups excluding carboxylic acids is 2. The van der Waals surface area contributed by atoms with E-state index in [0.29, 0.717) is 4.90 Å². The molecular formula is C14H23F3N2O2. The minimum absolute atomic E-state index is 0.00969. The van der Waals surface area contributed by atoms with Crippen LogP contribution in [0.3, 0.4) is 0 Å². The van der Waals surface area contributed by atoms with Gasteiger partial charge < -0.3 is 10.2 Å². The Hall–Kier alpha value is -1.27. The van der Waals surface area contributed by atoms with Crippen molar-refractivity contribution >= 4 is 11.8 Å². The number of nitrogens with zero attached hydrogens (tertiary/aromatic N) is 1. The van der Waals surface area contributed by atoms with Crippen LogP contribution in [0.1, 0.15) is 41.0 Å². The van der Waals surface area contributed by atoms with Gasteiger partial charge in [0.25, 0.3) is 0 Å². The van der Waals surface area contributed by atoms with E-state index in [1.165, 1.54) is 0 Å². The van der Waals surface area contributed by atoms with Crippen molar-refractivity contribution in [1.29, 1.82) is 0 Å². The average Bonchev–Trinajstić information content (AvgIpc) is 2.24. The smallest absolute Gasteiger partial charge is 0.342 e. The second kappa shape index (κ2) is 5.85. The summed E-state index contributed by atoms with van der Waals surface area (Å²) in [6.07, 6.45) is -4.31. The lowest BCUT2D eigenvalue weighted by molar-refractivity contribution is -0.177. The molecule has 2 amide bonds. The second-order valence-corrected chi connectivity index (χ2v) is 7.03. The molecule has 0 aromatic heterocycles. The zero-order valence-corrected chi connectivity index (χ0v) is 13.0. The van der Waals surface area contributed by atoms with Crippen LogP contribution in [0.2, 0.25) is 0 Å². The number of piperazine rings is 1. The van der Waals surface area contributed by atoms with Crippen LogP contribution >= 0.6 is 0 Å². The largest absolute Gasteiger partial charge is 0.406 e. The molecule has 0 spiro atoms. The molecule has 0 radical (unpaired) electrons. The van der Waals surface area contributed by atoms with Crippen LogP contribution in [-0.2, 0) is 9.59 Å². The predicted octanol–water partition coefficient (Wildman–Crippen LogP) is 2.34. The number of nitrogens with one attached hydrogen (secondary N) is 1. The molecule has 7 heteroatoms. The summed E-state index contributed by atoms with van der Waals surface area (Å²) < 4.78 is 38.2. The van der Waals surface area contributed by atoms with Gasteiger partial charge in [-0.25, -0.2) is 0 Å². The summed E-state index contributed by atoms with van der Waals surface area (Å²) in [7, 11) is 0. The first-order valence-corrected chi connectivity index (χ1v) is 7.00. The summed E-state index contributed by atoms with van der Waals surface area (Å²) in [6, 6.07) is -1.99. The van der Waals surface area contributed by atoms with Crippen LogP contribution in [-0.4, -0.2) is 41.5 Å². The SMILES string of the molecule is CC(C)CC1C(=O)NC(C(C)(C)C)C(=O)N1CC(F)(F)F. The van der Waals surface area contributed by atoms with Crippen LogP contribution in [0.15, 0.2) is 0 Å². The van der Waals surface area contributed by atoms with Gasteiger partial charge >= 0.3 is 6.18 Å². The van der Waals surface area contributed by atoms with E-state index >= 15 is 0 Å². The van der Waals surface area contributed by atoms with Crippen LogP contribution in [0.5, 0.6) is 0 Å². The maximum absolute atomic E-state index is 12.7. The number of amides is 2. The molecule has 1 rings (SSSR count). The summed E-state index contributed by atoms with van der Waals surface area (Å²) in [5.41, 5.74) is -0.639. The van der Waals surface area contributed by atoms with Gasteiger partial charge in [-0.3, -0.25) is 9.59 Å². The van der Waals surface area contributed by atoms with Gasteiger partial charge in [-0.05, 0) is 17.8 Å². The van der Waals surface area contributed by atoms with Gasteiger partial charge in [0, 0.05) is 0 Å². The first-order valence-electron chi connectivity index (χ1n) is 7.00. The van der Waals surface area contributed by atoms with E-state index in [2.05, 4.69) is 5.32 Å². The number of halogens is 3. The van der Waals surface area contributed by atoms with E-state index in [1.807, 2.05) is 0 Å². The highest BCUT2D eigenvalue weighted by molar-refractivity contribution is 5.97. The van der Waals surface area contributed by atoms with E-state index in [-0.39, 0.29) is 12.3 Å². The van der Waals surface area contributed by atoms with Crippen molar-refractivity contribution in [3.8, 4) is 0 Å². The lowest BCUT2D eigenvalue weighted by Gasteiger charge is -2.43. The van der Waals surface area contributed by atoms with Gasteiger partial charge in [-0.2, -0.15) is 13.2 Å². The van der Waals surface area contributed by atoms with E-state index in [0.717, 1.165) is 0 Å². The third kappa shape index (κ3) is 4.61. The summed E-state index contributed by atoms with van der Waals surface area (Å²) in [5, 5.41) is 2.58. The van der Waals surface area contributed by atoms with Crippen molar-refractivity contribution in [3.63, 3.8) is 0 Å². The molecular weight excluding hydrogens is 285 g/mol. The van der Waals surface area contributed by atoms with E-state index in [9.17, 15) is 22.8 Å². The Morgan fingerprint density at radius 2 is 1.71 bits per heavy atom. The summed E-state index contributed by atoms with van der Waals surface area (Å²) in [5.74, 6) is -1.16. The normalized spacial score (nSPS) is 24.5. The molecule has 4 nitrogen and oxygen atoms in total. The van der Waals surface area contributed by atoms with E-state index in [1.54, 1.807) is 34.6 Å². The molecule has 1 heterocycles. The Morgan fingerprint density at radius 1 is 1.19 bits per heavy atom. The van der Waals surface area contributed by atoms with Gasteiger partial charge in [-0.1, -0.05) is 34.6 Å². The third-order valence-corrected chi connectivity index (χ3v) is 3.41. The summed E-state index contributed by atoms with van der Waals surface area (Å²) in [6.45, 7) is 7.36. The van der Waals surface area contributed by atoms with Crippen molar-refractivity contribution in [2.75, 3.05) is 6.54 Å². The lowest BCUT2D eigenvalue weighted by Crippen LogP contribution is -2.67. The Morgan fingerprint density at radius 3 is 2.10 bits per heavy atom. The second-order valence-electron chi connectivity index (χ2n) is 7.03. The zero-order valence-electron chi connectivity index (χ0n) is 13.0. The molecule has 122 valence electrons. The highest BCUT2D eigenvalue weighted by atomic mass is 19.4. The van der Waals surface area contributed by atoms with E-state index in [4.69, 9.17) is 0 Å². The first-order chi connectivity index (χ1) is 9.33. The highest BCUT2D eigenvalue weighted by Gasteiger charge is 2.48. The topological polar surface area (TPSA) is 49.4 Å². The maximum atomic E-state index is 12.7. The maximum Gasteiger partial charge on any atom is 0.406 e. The molecule has 0 aromatic rings. The first kappa shape index (κ1) is 17.8. The molecule has 21 heavy (non-hydrogen) atoms. The molecule has 1 saturated heterocycles. The molecule has 1 aliphatic rings. The minimum atomic E-state index is -4.52. The van der Waals surface area contributed by atoms with Crippen LogP contribution < -0.4 is 5.32 Å². The Balaban J connectivity index is 3.11. The minimum Gasteiger partial charge on any atom is -0.342 e. The quantitative estimate of drug-likeness (QED) is 0.870. The molecule has 1 aliphatic heterocycles. The van der Waals surface area contributed by atoms with Gasteiger partial charge in [0.15, 0.2) is 0 Å². The third-order valence-electron chi connectivity index (χ3n) is 3.41. The van der Waals surface area contributed by atoms with Crippen molar-refractivity contribution in [3.05, 3.63) is 0 Å². The molecule has 2 unspecified atom stereocenters. The Labute approximate surface area is 123 Å². The van der Waals surface area contributed by atoms with Crippen molar-refractivity contribution in [1.82, 2.24) is 10.2 Å². The Kier molecular flexibility index (Phi) is 4.95. The number of alkyl halides is 3. The number of hydrogen-bond donors (Lipinski definition) is 1. The molecule has 0 aliphatic carbocycles. The van der Waals surface area contributed by atoms with Crippen molar-refractivity contribution < 1.29 is 22.8 Å². The zero-order chi connectivity index (χ0) is 16.6. The average molecular weight is 308 g/mol. The molecule has 1 fully saturated rings. The molecule has 0 aromatic carbocycles. The summed E-state index contributed by atoms with van der Waals surface area (Å²) >= 11 is 0. The van der Waals surface area contributed by atoms with Gasteiger partial charge in [-0.15, -0.1) is 0 Å². The number of carbonyl (C=O) groups is 2. The molecule has 1 N–H and O–H groups in total. The van der Waals surface area contributed by atoms with Gasteiger partial charge in [0.2, 0.25) is 11.8 Å². The fourth-order valence-electron chi connectivity index (χ4n) is 2.41. The molecule has 2 atom stereocenters. The van der Waals surface area contributed by atoms with Crippen molar-refractivity contribution in [2.24, 2.45) is 11.3 Å². The fraction of sp³-hybridized carbons (Fsp3) is 0.857.